The van der Waals surface area contributed by atoms with Gasteiger partial charge in [-0.05, 0) is 49.1 Å². The minimum atomic E-state index is -0.353. The molecule has 0 spiro atoms. The Kier molecular flexibility index (Phi) is 5.00. The lowest BCUT2D eigenvalue weighted by Gasteiger charge is -2.29. The predicted molar refractivity (Wildman–Crippen MR) is 122 cm³/mol. The van der Waals surface area contributed by atoms with Crippen molar-refractivity contribution in [2.75, 3.05) is 7.05 Å². The number of aromatic nitrogens is 3. The lowest BCUT2D eigenvalue weighted by atomic mass is 9.96. The van der Waals surface area contributed by atoms with Crippen LogP contribution in [0, 0.1) is 12.7 Å². The van der Waals surface area contributed by atoms with Gasteiger partial charge in [0, 0.05) is 25.7 Å². The minimum absolute atomic E-state index is 0.103. The van der Waals surface area contributed by atoms with Crippen LogP contribution in [0.25, 0.3) is 11.0 Å². The van der Waals surface area contributed by atoms with Crippen LogP contribution in [0.3, 0.4) is 0 Å². The molecular formula is C26H25FN4O. The fraction of sp³-hybridized carbons (Fsp3) is 0.269. The molecule has 6 heteroatoms. The number of halogens is 1. The summed E-state index contributed by atoms with van der Waals surface area (Å²) in [5, 5.41) is 5.32. The third kappa shape index (κ3) is 3.55. The van der Waals surface area contributed by atoms with Crippen molar-refractivity contribution in [2.45, 2.75) is 31.7 Å². The van der Waals surface area contributed by atoms with Crippen molar-refractivity contribution < 1.29 is 9.18 Å². The van der Waals surface area contributed by atoms with Gasteiger partial charge in [0.15, 0.2) is 5.65 Å². The van der Waals surface area contributed by atoms with E-state index in [9.17, 15) is 9.18 Å². The highest BCUT2D eigenvalue weighted by Gasteiger charge is 2.31. The van der Waals surface area contributed by atoms with Crippen LogP contribution in [0.1, 0.15) is 57.7 Å². The highest BCUT2D eigenvalue weighted by Crippen LogP contribution is 2.41. The molecule has 4 aromatic rings. The summed E-state index contributed by atoms with van der Waals surface area (Å²) in [5.74, 6) is 0.00695. The van der Waals surface area contributed by atoms with Gasteiger partial charge in [0.1, 0.15) is 5.82 Å². The predicted octanol–water partition coefficient (Wildman–Crippen LogP) is 5.15. The number of pyridine rings is 1. The maximum atomic E-state index is 14.0. The van der Waals surface area contributed by atoms with E-state index in [1.165, 1.54) is 12.1 Å². The molecule has 1 aliphatic carbocycles. The summed E-state index contributed by atoms with van der Waals surface area (Å²) in [5.41, 5.74) is 4.91. The summed E-state index contributed by atoms with van der Waals surface area (Å²) in [6.07, 6.45) is 2.20. The Balaban J connectivity index is 1.63. The third-order valence-electron chi connectivity index (χ3n) is 6.22. The van der Waals surface area contributed by atoms with Gasteiger partial charge in [-0.15, -0.1) is 0 Å². The van der Waals surface area contributed by atoms with E-state index in [0.717, 1.165) is 46.4 Å². The molecule has 162 valence electrons. The Labute approximate surface area is 186 Å². The molecule has 0 N–H and O–H groups in total. The number of nitrogens with zero attached hydrogens (tertiary/aromatic N) is 4. The van der Waals surface area contributed by atoms with Gasteiger partial charge in [-0.1, -0.05) is 42.5 Å². The molecule has 0 saturated heterocycles. The second-order valence-corrected chi connectivity index (χ2v) is 8.56. The average Bonchev–Trinajstić information content (AvgIpc) is 3.61. The Morgan fingerprint density at radius 3 is 2.41 bits per heavy atom. The molecule has 0 aliphatic heterocycles. The number of carbonyl (C=O) groups excluding carboxylic acids is 1. The third-order valence-corrected chi connectivity index (χ3v) is 6.22. The van der Waals surface area contributed by atoms with Crippen LogP contribution in [0.15, 0.2) is 60.7 Å². The second-order valence-electron chi connectivity index (χ2n) is 8.56. The normalized spacial score (nSPS) is 14.5. The van der Waals surface area contributed by atoms with E-state index in [-0.39, 0.29) is 17.8 Å². The van der Waals surface area contributed by atoms with Gasteiger partial charge in [0.25, 0.3) is 5.91 Å². The number of rotatable bonds is 5. The first kappa shape index (κ1) is 20.4. The molecule has 1 atom stereocenters. The van der Waals surface area contributed by atoms with Crippen LogP contribution < -0.4 is 0 Å². The van der Waals surface area contributed by atoms with Crippen molar-refractivity contribution in [1.82, 2.24) is 19.7 Å². The van der Waals surface area contributed by atoms with E-state index in [2.05, 4.69) is 5.10 Å². The first-order valence-corrected chi connectivity index (χ1v) is 10.9. The molecule has 32 heavy (non-hydrogen) atoms. The van der Waals surface area contributed by atoms with E-state index in [1.54, 1.807) is 28.8 Å². The Hall–Kier alpha value is -3.54. The summed E-state index contributed by atoms with van der Waals surface area (Å²) in [7, 11) is 3.67. The molecule has 1 unspecified atom stereocenters. The maximum absolute atomic E-state index is 14.0. The molecule has 0 bridgehead atoms. The van der Waals surface area contributed by atoms with Crippen LogP contribution in [-0.2, 0) is 7.05 Å². The molecule has 2 heterocycles. The quantitative estimate of drug-likeness (QED) is 0.441. The summed E-state index contributed by atoms with van der Waals surface area (Å²) in [4.78, 5) is 20.5. The van der Waals surface area contributed by atoms with Crippen molar-refractivity contribution >= 4 is 16.9 Å². The van der Waals surface area contributed by atoms with Gasteiger partial charge in [-0.2, -0.15) is 5.10 Å². The smallest absolute Gasteiger partial charge is 0.255 e. The zero-order valence-corrected chi connectivity index (χ0v) is 18.4. The maximum Gasteiger partial charge on any atom is 0.255 e. The molecule has 5 rings (SSSR count). The van der Waals surface area contributed by atoms with E-state index in [4.69, 9.17) is 4.98 Å². The van der Waals surface area contributed by atoms with Crippen molar-refractivity contribution in [1.29, 1.82) is 0 Å². The van der Waals surface area contributed by atoms with Gasteiger partial charge < -0.3 is 4.90 Å². The first-order chi connectivity index (χ1) is 15.4. The number of carbonyl (C=O) groups is 1. The fourth-order valence-corrected chi connectivity index (χ4v) is 4.45. The molecule has 1 saturated carbocycles. The van der Waals surface area contributed by atoms with E-state index >= 15 is 0 Å². The van der Waals surface area contributed by atoms with Crippen LogP contribution >= 0.6 is 0 Å². The highest BCUT2D eigenvalue weighted by molar-refractivity contribution is 6.06. The lowest BCUT2D eigenvalue weighted by molar-refractivity contribution is 0.0757. The Morgan fingerprint density at radius 1 is 1.09 bits per heavy atom. The number of fused-ring (bicyclic) bond motifs is 1. The monoisotopic (exact) mass is 428 g/mol. The van der Waals surface area contributed by atoms with Crippen molar-refractivity contribution in [2.24, 2.45) is 7.05 Å². The highest BCUT2D eigenvalue weighted by atomic mass is 19.1. The zero-order chi connectivity index (χ0) is 22.4. The standard InChI is InChI=1S/C26H25FN4O/c1-16-23-21(15-22(17-9-10-17)28-25(23)31(3)29-16)26(32)30(2)24(18-7-5-4-6-8-18)19-11-13-20(27)14-12-19/h4-8,11-15,17,24H,9-10H2,1-3H3. The van der Waals surface area contributed by atoms with Gasteiger partial charge >= 0.3 is 0 Å². The molecule has 2 aromatic heterocycles. The lowest BCUT2D eigenvalue weighted by Crippen LogP contribution is -2.32. The fourth-order valence-electron chi connectivity index (χ4n) is 4.45. The molecule has 1 fully saturated rings. The van der Waals surface area contributed by atoms with Crippen molar-refractivity contribution in [3.8, 4) is 0 Å². The number of hydrogen-bond donors (Lipinski definition) is 0. The molecular weight excluding hydrogens is 403 g/mol. The minimum Gasteiger partial charge on any atom is -0.331 e. The van der Waals surface area contributed by atoms with Crippen LogP contribution in [0.4, 0.5) is 4.39 Å². The van der Waals surface area contributed by atoms with Crippen LogP contribution in [0.2, 0.25) is 0 Å². The van der Waals surface area contributed by atoms with Gasteiger partial charge in [0.05, 0.1) is 22.7 Å². The Bertz CT molecular complexity index is 1290. The number of amides is 1. The molecule has 2 aromatic carbocycles. The summed E-state index contributed by atoms with van der Waals surface area (Å²) < 4.78 is 15.4. The molecule has 5 nitrogen and oxygen atoms in total. The molecule has 0 radical (unpaired) electrons. The number of hydrogen-bond acceptors (Lipinski definition) is 3. The van der Waals surface area contributed by atoms with E-state index in [1.807, 2.05) is 50.4 Å². The Morgan fingerprint density at radius 2 is 1.75 bits per heavy atom. The van der Waals surface area contributed by atoms with Crippen LogP contribution in [0.5, 0.6) is 0 Å². The largest absolute Gasteiger partial charge is 0.331 e. The summed E-state index contributed by atoms with van der Waals surface area (Å²) >= 11 is 0. The van der Waals surface area contributed by atoms with E-state index in [0.29, 0.717) is 11.5 Å². The second kappa shape index (κ2) is 7.86. The first-order valence-electron chi connectivity index (χ1n) is 10.9. The van der Waals surface area contributed by atoms with Crippen LogP contribution in [-0.4, -0.2) is 32.6 Å². The van der Waals surface area contributed by atoms with E-state index < -0.39 is 0 Å². The topological polar surface area (TPSA) is 51.0 Å². The van der Waals surface area contributed by atoms with Gasteiger partial charge in [0.2, 0.25) is 0 Å². The van der Waals surface area contributed by atoms with Crippen molar-refractivity contribution in [3.05, 3.63) is 94.6 Å². The zero-order valence-electron chi connectivity index (χ0n) is 18.4. The number of aryl methyl sites for hydroxylation is 2. The number of benzene rings is 2. The summed E-state index contributed by atoms with van der Waals surface area (Å²) in [6.45, 7) is 1.91. The SMILES string of the molecule is Cc1nn(C)c2nc(C3CC3)cc(C(=O)N(C)C(c3ccccc3)c3ccc(F)cc3)c12. The van der Waals surface area contributed by atoms with Gasteiger partial charge in [-0.3, -0.25) is 9.48 Å². The van der Waals surface area contributed by atoms with Gasteiger partial charge in [-0.25, -0.2) is 9.37 Å². The van der Waals surface area contributed by atoms with Crippen molar-refractivity contribution in [3.63, 3.8) is 0 Å². The summed E-state index contributed by atoms with van der Waals surface area (Å²) in [6, 6.07) is 17.8. The average molecular weight is 429 g/mol. The molecule has 1 aliphatic rings. The molecule has 1 amide bonds.